The van der Waals surface area contributed by atoms with Gasteiger partial charge >= 0.3 is 5.97 Å². The lowest BCUT2D eigenvalue weighted by Crippen LogP contribution is -2.10. The van der Waals surface area contributed by atoms with Gasteiger partial charge in [0.1, 0.15) is 10.8 Å². The molecule has 1 saturated carbocycles. The van der Waals surface area contributed by atoms with E-state index in [4.69, 9.17) is 21.3 Å². The molecule has 0 radical (unpaired) electrons. The lowest BCUT2D eigenvalue weighted by atomic mass is 9.94. The highest BCUT2D eigenvalue weighted by Crippen LogP contribution is 2.42. The number of ether oxygens (including phenoxy) is 1. The van der Waals surface area contributed by atoms with Gasteiger partial charge in [0.2, 0.25) is 0 Å². The van der Waals surface area contributed by atoms with E-state index in [0.717, 1.165) is 52.4 Å². The number of hydrogen-bond donors (Lipinski definition) is 1. The Morgan fingerprint density at radius 2 is 2.03 bits per heavy atom. The summed E-state index contributed by atoms with van der Waals surface area (Å²) in [6, 6.07) is 10.2. The Hall–Kier alpha value is -2.37. The van der Waals surface area contributed by atoms with Crippen LogP contribution in [-0.4, -0.2) is 22.2 Å². The monoisotopic (exact) mass is 467 g/mol. The van der Waals surface area contributed by atoms with Gasteiger partial charge in [0.15, 0.2) is 0 Å². The minimum Gasteiger partial charge on any atom is -0.489 e. The van der Waals surface area contributed by atoms with E-state index in [1.54, 1.807) is 11.3 Å². The van der Waals surface area contributed by atoms with Crippen molar-refractivity contribution < 1.29 is 14.6 Å². The molecular weight excluding hydrogens is 442 g/mol. The predicted molar refractivity (Wildman–Crippen MR) is 129 cm³/mol. The Labute approximate surface area is 197 Å². The molecule has 0 amide bonds. The molecule has 1 atom stereocenters. The fraction of sp³-hybridized carbons (Fsp3) is 0.385. The molecule has 2 aliphatic carbocycles. The molecule has 0 saturated heterocycles. The summed E-state index contributed by atoms with van der Waals surface area (Å²) in [5.41, 5.74) is 5.87. The molecule has 1 N–H and O–H groups in total. The first-order valence-corrected chi connectivity index (χ1v) is 12.5. The van der Waals surface area contributed by atoms with Crippen molar-refractivity contribution in [3.8, 4) is 26.8 Å². The summed E-state index contributed by atoms with van der Waals surface area (Å²) >= 11 is 8.19. The molecule has 2 aliphatic rings. The standard InChI is InChI=1S/C26H26ClNO3S/c1-15-19-8-6-16(13-25(29)30)21(19)10-9-20(15)26-28-14-24(32-26)17-7-11-23(22(27)12-17)31-18-4-2-3-5-18/h7,9-12,14,16,18H,2-6,8,13H2,1H3,(H,29,30). The number of nitrogens with zero attached hydrogens (tertiary/aromatic N) is 1. The van der Waals surface area contributed by atoms with Gasteiger partial charge in [0, 0.05) is 11.8 Å². The average Bonchev–Trinajstić information content (AvgIpc) is 3.51. The summed E-state index contributed by atoms with van der Waals surface area (Å²) in [7, 11) is 0. The molecule has 3 aromatic rings. The molecule has 2 aromatic carbocycles. The first-order valence-electron chi connectivity index (χ1n) is 11.3. The second-order valence-electron chi connectivity index (χ2n) is 8.84. The van der Waals surface area contributed by atoms with Gasteiger partial charge in [-0.2, -0.15) is 0 Å². The van der Waals surface area contributed by atoms with Crippen LogP contribution in [0.2, 0.25) is 5.02 Å². The van der Waals surface area contributed by atoms with Gasteiger partial charge in [0.05, 0.1) is 22.4 Å². The van der Waals surface area contributed by atoms with E-state index in [1.165, 1.54) is 29.5 Å². The van der Waals surface area contributed by atoms with Gasteiger partial charge in [-0.3, -0.25) is 4.79 Å². The molecule has 166 valence electrons. The average molecular weight is 468 g/mol. The summed E-state index contributed by atoms with van der Waals surface area (Å²) in [4.78, 5) is 17.0. The fourth-order valence-electron chi connectivity index (χ4n) is 5.09. The van der Waals surface area contributed by atoms with E-state index in [1.807, 2.05) is 18.3 Å². The molecule has 0 aliphatic heterocycles. The number of rotatable bonds is 6. The van der Waals surface area contributed by atoms with Crippen molar-refractivity contribution >= 4 is 28.9 Å². The maximum absolute atomic E-state index is 11.2. The molecule has 32 heavy (non-hydrogen) atoms. The summed E-state index contributed by atoms with van der Waals surface area (Å²) < 4.78 is 6.08. The molecule has 1 aromatic heterocycles. The Balaban J connectivity index is 1.38. The third-order valence-corrected chi connectivity index (χ3v) is 8.16. The Bertz CT molecular complexity index is 1170. The molecule has 0 spiro atoms. The summed E-state index contributed by atoms with van der Waals surface area (Å²) in [5, 5.41) is 10.8. The number of benzene rings is 2. The Morgan fingerprint density at radius 1 is 1.22 bits per heavy atom. The van der Waals surface area contributed by atoms with Gasteiger partial charge in [-0.25, -0.2) is 4.98 Å². The maximum Gasteiger partial charge on any atom is 0.303 e. The molecule has 6 heteroatoms. The molecule has 5 rings (SSSR count). The van der Waals surface area contributed by atoms with E-state index in [2.05, 4.69) is 25.1 Å². The zero-order chi connectivity index (χ0) is 22.2. The van der Waals surface area contributed by atoms with Crippen molar-refractivity contribution in [2.24, 2.45) is 0 Å². The van der Waals surface area contributed by atoms with Crippen LogP contribution >= 0.6 is 22.9 Å². The van der Waals surface area contributed by atoms with Crippen LogP contribution in [0, 0.1) is 6.92 Å². The van der Waals surface area contributed by atoms with Gasteiger partial charge in [-0.15, -0.1) is 11.3 Å². The van der Waals surface area contributed by atoms with E-state index in [-0.39, 0.29) is 18.4 Å². The van der Waals surface area contributed by atoms with Gasteiger partial charge in [0.25, 0.3) is 0 Å². The SMILES string of the molecule is Cc1c(-c2ncc(-c3ccc(OC4CCCC4)c(Cl)c3)s2)ccc2c1CCC2CC(=O)O. The first-order chi connectivity index (χ1) is 15.5. The van der Waals surface area contributed by atoms with Crippen LogP contribution in [0.5, 0.6) is 5.75 Å². The van der Waals surface area contributed by atoms with Crippen molar-refractivity contribution in [3.05, 3.63) is 58.2 Å². The van der Waals surface area contributed by atoms with Crippen LogP contribution in [0.25, 0.3) is 21.0 Å². The second-order valence-corrected chi connectivity index (χ2v) is 10.3. The summed E-state index contributed by atoms with van der Waals surface area (Å²) in [6.45, 7) is 2.13. The molecule has 0 bridgehead atoms. The van der Waals surface area contributed by atoms with Crippen LogP contribution in [-0.2, 0) is 11.2 Å². The fourth-order valence-corrected chi connectivity index (χ4v) is 6.31. The molecular formula is C26H26ClNO3S. The van der Waals surface area contributed by atoms with Crippen LogP contribution < -0.4 is 4.74 Å². The minimum atomic E-state index is -0.729. The number of thiazole rings is 1. The van der Waals surface area contributed by atoms with Gasteiger partial charge in [-0.1, -0.05) is 23.7 Å². The largest absolute Gasteiger partial charge is 0.489 e. The van der Waals surface area contributed by atoms with Crippen molar-refractivity contribution in [3.63, 3.8) is 0 Å². The molecule has 4 nitrogen and oxygen atoms in total. The smallest absolute Gasteiger partial charge is 0.303 e. The Kier molecular flexibility index (Phi) is 5.95. The minimum absolute atomic E-state index is 0.120. The number of fused-ring (bicyclic) bond motifs is 1. The summed E-state index contributed by atoms with van der Waals surface area (Å²) in [5.74, 6) is 0.152. The second kappa shape index (κ2) is 8.87. The van der Waals surface area contributed by atoms with E-state index in [0.29, 0.717) is 5.02 Å². The number of aliphatic carboxylic acids is 1. The van der Waals surface area contributed by atoms with Crippen molar-refractivity contribution in [1.29, 1.82) is 0 Å². The third-order valence-electron chi connectivity index (χ3n) is 6.79. The Morgan fingerprint density at radius 3 is 2.78 bits per heavy atom. The van der Waals surface area contributed by atoms with E-state index >= 15 is 0 Å². The van der Waals surface area contributed by atoms with Gasteiger partial charge < -0.3 is 9.84 Å². The number of halogens is 1. The van der Waals surface area contributed by atoms with Crippen LogP contribution in [0.15, 0.2) is 36.5 Å². The van der Waals surface area contributed by atoms with Crippen LogP contribution in [0.3, 0.4) is 0 Å². The number of carboxylic acids is 1. The lowest BCUT2D eigenvalue weighted by Gasteiger charge is -2.14. The first kappa shape index (κ1) is 21.5. The number of carboxylic acid groups (broad SMARTS) is 1. The normalized spacial score (nSPS) is 18.1. The number of hydrogen-bond acceptors (Lipinski definition) is 4. The lowest BCUT2D eigenvalue weighted by molar-refractivity contribution is -0.137. The number of carbonyl (C=O) groups is 1. The molecule has 1 heterocycles. The van der Waals surface area contributed by atoms with Crippen molar-refractivity contribution in [1.82, 2.24) is 4.98 Å². The summed E-state index contributed by atoms with van der Waals surface area (Å²) in [6.07, 6.45) is 8.90. The zero-order valence-corrected chi connectivity index (χ0v) is 19.6. The van der Waals surface area contributed by atoms with Crippen LogP contribution in [0.1, 0.15) is 61.1 Å². The quantitative estimate of drug-likeness (QED) is 0.414. The maximum atomic E-state index is 11.2. The van der Waals surface area contributed by atoms with Crippen molar-refractivity contribution in [2.75, 3.05) is 0 Å². The van der Waals surface area contributed by atoms with E-state index < -0.39 is 5.97 Å². The van der Waals surface area contributed by atoms with E-state index in [9.17, 15) is 9.90 Å². The predicted octanol–water partition coefficient (Wildman–Crippen LogP) is 7.26. The van der Waals surface area contributed by atoms with Crippen LogP contribution in [0.4, 0.5) is 0 Å². The highest BCUT2D eigenvalue weighted by atomic mass is 35.5. The number of aromatic nitrogens is 1. The van der Waals surface area contributed by atoms with Crippen molar-refractivity contribution in [2.45, 2.75) is 63.9 Å². The third kappa shape index (κ3) is 4.16. The highest BCUT2D eigenvalue weighted by molar-refractivity contribution is 7.18. The molecule has 1 unspecified atom stereocenters. The highest BCUT2D eigenvalue weighted by Gasteiger charge is 2.27. The van der Waals surface area contributed by atoms with Gasteiger partial charge in [-0.05, 0) is 91.8 Å². The zero-order valence-electron chi connectivity index (χ0n) is 18.1. The molecule has 1 fully saturated rings. The topological polar surface area (TPSA) is 59.4 Å².